The molecule has 0 spiro atoms. The Morgan fingerprint density at radius 1 is 1.14 bits per heavy atom. The monoisotopic (exact) mass is 325 g/mol. The molecule has 0 aromatic heterocycles. The van der Waals surface area contributed by atoms with Crippen LogP contribution in [0.15, 0.2) is 24.3 Å². The first-order chi connectivity index (χ1) is 10.2. The number of hydrogen-bond acceptors (Lipinski definition) is 2. The number of urea groups is 1. The molecule has 0 heterocycles. The normalized spacial score (nSPS) is 13.2. The van der Waals surface area contributed by atoms with Crippen molar-refractivity contribution in [3.8, 4) is 0 Å². The molecule has 1 aromatic rings. The molecule has 1 aromatic carbocycles. The van der Waals surface area contributed by atoms with E-state index in [2.05, 4.69) is 12.2 Å². The number of hydrogen-bond donors (Lipinski definition) is 1. The third-order valence-corrected chi connectivity index (χ3v) is 4.19. The summed E-state index contributed by atoms with van der Waals surface area (Å²) in [6, 6.07) is 7.33. The number of carbonyl (C=O) groups excluding carboxylic acids is 2. The second-order valence-corrected chi connectivity index (χ2v) is 6.08. The summed E-state index contributed by atoms with van der Waals surface area (Å²) < 4.78 is 0. The first kappa shape index (κ1) is 18.3. The Morgan fingerprint density at radius 2 is 1.68 bits per heavy atom. The highest BCUT2D eigenvalue weighted by molar-refractivity contribution is 6.30. The predicted molar refractivity (Wildman–Crippen MR) is 89.2 cm³/mol. The van der Waals surface area contributed by atoms with Gasteiger partial charge in [0, 0.05) is 38.1 Å². The predicted octanol–water partition coefficient (Wildman–Crippen LogP) is 2.56. The van der Waals surface area contributed by atoms with Crippen LogP contribution in [-0.2, 0) is 4.79 Å². The van der Waals surface area contributed by atoms with Gasteiger partial charge in [0.25, 0.3) is 0 Å². The van der Waals surface area contributed by atoms with Gasteiger partial charge in [-0.1, -0.05) is 30.7 Å². The van der Waals surface area contributed by atoms with Gasteiger partial charge in [-0.2, -0.15) is 0 Å². The molecule has 5 nitrogen and oxygen atoms in total. The van der Waals surface area contributed by atoms with Gasteiger partial charge in [0.2, 0.25) is 5.91 Å². The zero-order valence-electron chi connectivity index (χ0n) is 13.8. The van der Waals surface area contributed by atoms with Crippen molar-refractivity contribution in [2.45, 2.75) is 25.8 Å². The lowest BCUT2D eigenvalue weighted by molar-refractivity contribution is -0.127. The smallest absolute Gasteiger partial charge is 0.317 e. The average molecular weight is 326 g/mol. The molecule has 22 heavy (non-hydrogen) atoms. The summed E-state index contributed by atoms with van der Waals surface area (Å²) in [6.45, 7) is 4.04. The van der Waals surface area contributed by atoms with Crippen molar-refractivity contribution in [1.29, 1.82) is 0 Å². The fourth-order valence-electron chi connectivity index (χ4n) is 2.00. The molecular weight excluding hydrogens is 302 g/mol. The van der Waals surface area contributed by atoms with Crippen molar-refractivity contribution < 1.29 is 9.59 Å². The quantitative estimate of drug-likeness (QED) is 0.904. The highest BCUT2D eigenvalue weighted by atomic mass is 35.5. The lowest BCUT2D eigenvalue weighted by Crippen LogP contribution is -2.47. The minimum Gasteiger partial charge on any atom is -0.347 e. The summed E-state index contributed by atoms with van der Waals surface area (Å²) in [5.74, 6) is 0.0118. The van der Waals surface area contributed by atoms with Crippen molar-refractivity contribution in [2.24, 2.45) is 0 Å². The van der Waals surface area contributed by atoms with Crippen LogP contribution < -0.4 is 5.32 Å². The van der Waals surface area contributed by atoms with E-state index in [9.17, 15) is 9.59 Å². The molecule has 0 aliphatic carbocycles. The van der Waals surface area contributed by atoms with Crippen molar-refractivity contribution >= 4 is 23.5 Å². The Labute approximate surface area is 137 Å². The number of halogens is 1. The average Bonchev–Trinajstić information content (AvgIpc) is 2.50. The zero-order valence-corrected chi connectivity index (χ0v) is 14.5. The second-order valence-electron chi connectivity index (χ2n) is 5.64. The SMILES string of the molecule is C[C@H]([C@@H](C)c1ccc(Cl)cc1)N(C)C(=O)NCC(=O)N(C)C. The van der Waals surface area contributed by atoms with Gasteiger partial charge in [0.1, 0.15) is 0 Å². The molecule has 122 valence electrons. The molecule has 0 bridgehead atoms. The van der Waals surface area contributed by atoms with Crippen LogP contribution in [0.2, 0.25) is 5.02 Å². The maximum Gasteiger partial charge on any atom is 0.317 e. The van der Waals surface area contributed by atoms with E-state index in [1.54, 1.807) is 26.0 Å². The molecule has 0 fully saturated rings. The summed E-state index contributed by atoms with van der Waals surface area (Å²) in [4.78, 5) is 26.7. The third-order valence-electron chi connectivity index (χ3n) is 3.94. The van der Waals surface area contributed by atoms with Crippen molar-refractivity contribution in [3.05, 3.63) is 34.9 Å². The van der Waals surface area contributed by atoms with Crippen LogP contribution in [0.5, 0.6) is 0 Å². The second kappa shape index (κ2) is 8.03. The Kier molecular flexibility index (Phi) is 6.68. The lowest BCUT2D eigenvalue weighted by atomic mass is 9.94. The van der Waals surface area contributed by atoms with Crippen LogP contribution in [0.1, 0.15) is 25.3 Å². The van der Waals surface area contributed by atoms with Crippen LogP contribution in [0.3, 0.4) is 0 Å². The molecule has 0 saturated heterocycles. The van der Waals surface area contributed by atoms with Gasteiger partial charge in [0.05, 0.1) is 6.54 Å². The number of likely N-dealkylation sites (N-methyl/N-ethyl adjacent to an activating group) is 2. The minimum absolute atomic E-state index is 0.00177. The zero-order chi connectivity index (χ0) is 16.9. The molecule has 0 radical (unpaired) electrons. The van der Waals surface area contributed by atoms with Crippen molar-refractivity contribution in [3.63, 3.8) is 0 Å². The molecule has 0 aliphatic rings. The third kappa shape index (κ3) is 4.91. The van der Waals surface area contributed by atoms with Crippen LogP contribution >= 0.6 is 11.6 Å². The highest BCUT2D eigenvalue weighted by Gasteiger charge is 2.22. The van der Waals surface area contributed by atoms with Gasteiger partial charge in [0.15, 0.2) is 0 Å². The Balaban J connectivity index is 2.63. The van der Waals surface area contributed by atoms with Crippen molar-refractivity contribution in [2.75, 3.05) is 27.7 Å². The number of carbonyl (C=O) groups is 2. The standard InChI is InChI=1S/C16H24ClN3O2/c1-11(13-6-8-14(17)9-7-13)12(2)20(5)16(22)18-10-15(21)19(3)4/h6-9,11-12H,10H2,1-5H3,(H,18,22)/t11-,12-/m1/s1. The van der Waals surface area contributed by atoms with Crippen LogP contribution in [0, 0.1) is 0 Å². The first-order valence-corrected chi connectivity index (χ1v) is 7.58. The van der Waals surface area contributed by atoms with Gasteiger partial charge in [-0.3, -0.25) is 4.79 Å². The van der Waals surface area contributed by atoms with Crippen LogP contribution in [0.25, 0.3) is 0 Å². The summed E-state index contributed by atoms with van der Waals surface area (Å²) in [5, 5.41) is 3.33. The van der Waals surface area contributed by atoms with E-state index in [1.165, 1.54) is 4.90 Å². The molecule has 1 N–H and O–H groups in total. The Bertz CT molecular complexity index is 517. The summed E-state index contributed by atoms with van der Waals surface area (Å²) in [7, 11) is 5.04. The number of rotatable bonds is 5. The molecule has 0 saturated carbocycles. The first-order valence-electron chi connectivity index (χ1n) is 7.20. The highest BCUT2D eigenvalue weighted by Crippen LogP contribution is 2.23. The van der Waals surface area contributed by atoms with Gasteiger partial charge < -0.3 is 15.1 Å². The summed E-state index contributed by atoms with van der Waals surface area (Å²) >= 11 is 5.89. The molecule has 3 amide bonds. The van der Waals surface area contributed by atoms with E-state index in [-0.39, 0.29) is 30.4 Å². The van der Waals surface area contributed by atoms with Gasteiger partial charge in [-0.25, -0.2) is 4.79 Å². The molecule has 2 atom stereocenters. The Morgan fingerprint density at radius 3 is 2.18 bits per heavy atom. The number of amides is 3. The number of benzene rings is 1. The van der Waals surface area contributed by atoms with E-state index in [0.29, 0.717) is 5.02 Å². The van der Waals surface area contributed by atoms with E-state index < -0.39 is 0 Å². The molecule has 6 heteroatoms. The minimum atomic E-state index is -0.261. The summed E-state index contributed by atoms with van der Waals surface area (Å²) in [6.07, 6.45) is 0. The number of nitrogens with one attached hydrogen (secondary N) is 1. The molecule has 0 aliphatic heterocycles. The fourth-order valence-corrected chi connectivity index (χ4v) is 2.13. The van der Waals surface area contributed by atoms with Gasteiger partial charge >= 0.3 is 6.03 Å². The van der Waals surface area contributed by atoms with Crippen molar-refractivity contribution in [1.82, 2.24) is 15.1 Å². The fraction of sp³-hybridized carbons (Fsp3) is 0.500. The van der Waals surface area contributed by atoms with Crippen LogP contribution in [-0.4, -0.2) is 55.5 Å². The largest absolute Gasteiger partial charge is 0.347 e. The number of nitrogens with zero attached hydrogens (tertiary/aromatic N) is 2. The van der Waals surface area contributed by atoms with E-state index in [4.69, 9.17) is 11.6 Å². The van der Waals surface area contributed by atoms with Gasteiger partial charge in [-0.15, -0.1) is 0 Å². The lowest BCUT2D eigenvalue weighted by Gasteiger charge is -2.30. The Hall–Kier alpha value is -1.75. The van der Waals surface area contributed by atoms with Crippen LogP contribution in [0.4, 0.5) is 4.79 Å². The maximum atomic E-state index is 12.1. The maximum absolute atomic E-state index is 12.1. The molecule has 1 rings (SSSR count). The summed E-state index contributed by atoms with van der Waals surface area (Å²) in [5.41, 5.74) is 1.11. The molecular formula is C16H24ClN3O2. The van der Waals surface area contributed by atoms with E-state index >= 15 is 0 Å². The van der Waals surface area contributed by atoms with E-state index in [0.717, 1.165) is 5.56 Å². The van der Waals surface area contributed by atoms with E-state index in [1.807, 2.05) is 31.2 Å². The molecule has 0 unspecified atom stereocenters. The topological polar surface area (TPSA) is 52.7 Å². The van der Waals surface area contributed by atoms with Gasteiger partial charge in [-0.05, 0) is 24.6 Å².